The van der Waals surface area contributed by atoms with Crippen molar-refractivity contribution in [3.05, 3.63) is 31.4 Å². The number of rotatable bonds is 3. The maximum Gasteiger partial charge on any atom is 0.341 e. The first-order valence-corrected chi connectivity index (χ1v) is 5.06. The van der Waals surface area contributed by atoms with Crippen molar-refractivity contribution in [2.24, 2.45) is 0 Å². The Hall–Kier alpha value is -1.51. The largest absolute Gasteiger partial charge is 0.479 e. The maximum absolute atomic E-state index is 10.2. The second kappa shape index (κ2) is 7.75. The number of carboxylic acid groups (broad SMARTS) is 1. The Bertz CT molecular complexity index is 451. The van der Waals surface area contributed by atoms with Gasteiger partial charge in [0, 0.05) is 0 Å². The van der Waals surface area contributed by atoms with Crippen LogP contribution < -0.4 is 4.74 Å². The van der Waals surface area contributed by atoms with Crippen LogP contribution in [0.2, 0.25) is 15.2 Å². The summed E-state index contributed by atoms with van der Waals surface area (Å²) in [5.41, 5.74) is 0. The van der Waals surface area contributed by atoms with Crippen LogP contribution in [0.5, 0.6) is 5.88 Å². The molecular weight excluding hydrogens is 314 g/mol. The molecule has 0 radical (unpaired) electrons. The van der Waals surface area contributed by atoms with E-state index in [1.165, 1.54) is 6.07 Å². The molecule has 0 aromatic carbocycles. The summed E-state index contributed by atoms with van der Waals surface area (Å²) >= 11 is 16.8. The van der Waals surface area contributed by atoms with E-state index >= 15 is 0 Å². The number of pyridine rings is 1. The van der Waals surface area contributed by atoms with E-state index in [9.17, 15) is 4.79 Å². The molecule has 0 atom stereocenters. The van der Waals surface area contributed by atoms with Gasteiger partial charge in [0.2, 0.25) is 5.88 Å². The molecule has 8 nitrogen and oxygen atoms in total. The van der Waals surface area contributed by atoms with Crippen molar-refractivity contribution in [3.8, 4) is 5.88 Å². The molecular formula is C7H5Cl3N2O6. The van der Waals surface area contributed by atoms with E-state index in [1.54, 1.807) is 0 Å². The van der Waals surface area contributed by atoms with Gasteiger partial charge in [-0.1, -0.05) is 34.8 Å². The van der Waals surface area contributed by atoms with Crippen LogP contribution in [0.3, 0.4) is 0 Å². The number of aromatic nitrogens is 1. The van der Waals surface area contributed by atoms with Gasteiger partial charge >= 0.3 is 5.97 Å². The molecule has 0 amide bonds. The molecule has 11 heteroatoms. The standard InChI is InChI=1S/C7H4Cl3NO3.HNO3/c8-3-1-4(9)7(11-6(3)10)14-2-5(12)13;2-1(3)4/h1H,2H2,(H,12,13);(H,2,3,4). The predicted octanol–water partition coefficient (Wildman–Crippen LogP) is 2.16. The summed E-state index contributed by atoms with van der Waals surface area (Å²) in [6.07, 6.45) is 0. The number of carbonyl (C=O) groups is 1. The van der Waals surface area contributed by atoms with Crippen LogP contribution in [0.1, 0.15) is 0 Å². The summed E-state index contributed by atoms with van der Waals surface area (Å²) in [4.78, 5) is 22.2. The highest BCUT2D eigenvalue weighted by Gasteiger charge is 2.10. The average molecular weight is 319 g/mol. The fourth-order valence-corrected chi connectivity index (χ4v) is 1.20. The highest BCUT2D eigenvalue weighted by atomic mass is 35.5. The first-order valence-electron chi connectivity index (χ1n) is 3.93. The van der Waals surface area contributed by atoms with Crippen LogP contribution in [-0.2, 0) is 4.79 Å². The van der Waals surface area contributed by atoms with Crippen molar-refractivity contribution in [2.75, 3.05) is 6.61 Å². The van der Waals surface area contributed by atoms with Crippen LogP contribution in [0.25, 0.3) is 0 Å². The fourth-order valence-electron chi connectivity index (χ4n) is 0.660. The topological polar surface area (TPSA) is 123 Å². The summed E-state index contributed by atoms with van der Waals surface area (Å²) < 4.78 is 4.75. The molecule has 0 aliphatic rings. The quantitative estimate of drug-likeness (QED) is 0.497. The zero-order chi connectivity index (χ0) is 14.3. The molecule has 0 aliphatic heterocycles. The normalized spacial score (nSPS) is 9.06. The van der Waals surface area contributed by atoms with Gasteiger partial charge in [0.05, 0.1) is 5.02 Å². The van der Waals surface area contributed by atoms with E-state index in [0.717, 1.165) is 0 Å². The van der Waals surface area contributed by atoms with Gasteiger partial charge < -0.3 is 15.1 Å². The average Bonchev–Trinajstić information content (AvgIpc) is 2.20. The molecule has 2 N–H and O–H groups in total. The van der Waals surface area contributed by atoms with E-state index in [1.807, 2.05) is 0 Å². The second-order valence-electron chi connectivity index (χ2n) is 2.47. The molecule has 1 rings (SSSR count). The van der Waals surface area contributed by atoms with Crippen molar-refractivity contribution in [1.82, 2.24) is 4.98 Å². The Morgan fingerprint density at radius 2 is 1.94 bits per heavy atom. The number of hydrogen-bond acceptors (Lipinski definition) is 5. The molecule has 0 unspecified atom stereocenters. The van der Waals surface area contributed by atoms with Crippen molar-refractivity contribution in [2.45, 2.75) is 0 Å². The minimum absolute atomic E-state index is 0.0106. The molecule has 0 bridgehead atoms. The van der Waals surface area contributed by atoms with Gasteiger partial charge in [0.15, 0.2) is 11.8 Å². The fraction of sp³-hybridized carbons (Fsp3) is 0.143. The molecule has 0 saturated heterocycles. The van der Waals surface area contributed by atoms with Gasteiger partial charge in [-0.2, -0.15) is 4.98 Å². The Morgan fingerprint density at radius 1 is 1.44 bits per heavy atom. The van der Waals surface area contributed by atoms with Gasteiger partial charge in [-0.05, 0) is 6.07 Å². The van der Waals surface area contributed by atoms with Crippen molar-refractivity contribution in [1.29, 1.82) is 0 Å². The number of carboxylic acids is 1. The van der Waals surface area contributed by atoms with Crippen LogP contribution in [-0.4, -0.2) is 33.0 Å². The smallest absolute Gasteiger partial charge is 0.341 e. The lowest BCUT2D eigenvalue weighted by Crippen LogP contribution is -2.10. The lowest BCUT2D eigenvalue weighted by atomic mass is 10.5. The van der Waals surface area contributed by atoms with Gasteiger partial charge in [-0.3, -0.25) is 0 Å². The minimum Gasteiger partial charge on any atom is -0.479 e. The number of hydrogen-bond donors (Lipinski definition) is 2. The molecule has 100 valence electrons. The van der Waals surface area contributed by atoms with E-state index in [-0.39, 0.29) is 21.1 Å². The van der Waals surface area contributed by atoms with Gasteiger partial charge in [0.25, 0.3) is 5.09 Å². The summed E-state index contributed by atoms with van der Waals surface area (Å²) in [7, 11) is 0. The molecule has 0 saturated carbocycles. The molecule has 1 aromatic rings. The van der Waals surface area contributed by atoms with Crippen LogP contribution >= 0.6 is 34.8 Å². The SMILES string of the molecule is O=C(O)COc1nc(Cl)c(Cl)cc1Cl.O=[N+]([O-])O. The highest BCUT2D eigenvalue weighted by molar-refractivity contribution is 6.42. The van der Waals surface area contributed by atoms with Gasteiger partial charge in [-0.15, -0.1) is 10.1 Å². The van der Waals surface area contributed by atoms with E-state index < -0.39 is 17.7 Å². The zero-order valence-electron chi connectivity index (χ0n) is 8.34. The summed E-state index contributed by atoms with van der Waals surface area (Å²) in [5.74, 6) is -1.18. The summed E-state index contributed by atoms with van der Waals surface area (Å²) in [6.45, 7) is -0.537. The highest BCUT2D eigenvalue weighted by Crippen LogP contribution is 2.30. The molecule has 0 spiro atoms. The third-order valence-corrected chi connectivity index (χ3v) is 2.13. The number of nitrogens with zero attached hydrogens (tertiary/aromatic N) is 2. The zero-order valence-corrected chi connectivity index (χ0v) is 10.6. The number of ether oxygens (including phenoxy) is 1. The van der Waals surface area contributed by atoms with Crippen LogP contribution in [0.15, 0.2) is 6.07 Å². The van der Waals surface area contributed by atoms with Gasteiger partial charge in [0.1, 0.15) is 5.02 Å². The molecule has 1 aromatic heterocycles. The van der Waals surface area contributed by atoms with Crippen molar-refractivity contribution >= 4 is 40.8 Å². The predicted molar refractivity (Wildman–Crippen MR) is 61.2 cm³/mol. The van der Waals surface area contributed by atoms with Crippen LogP contribution in [0, 0.1) is 10.1 Å². The molecule has 0 aliphatic carbocycles. The Kier molecular flexibility index (Phi) is 7.10. The van der Waals surface area contributed by atoms with Crippen molar-refractivity contribution in [3.63, 3.8) is 0 Å². The molecule has 0 fully saturated rings. The summed E-state index contributed by atoms with van der Waals surface area (Å²) in [6, 6.07) is 1.33. The van der Waals surface area contributed by atoms with Crippen molar-refractivity contribution < 1.29 is 24.9 Å². The molecule has 1 heterocycles. The summed E-state index contributed by atoms with van der Waals surface area (Å²) in [5, 5.41) is 22.3. The second-order valence-corrected chi connectivity index (χ2v) is 3.64. The Labute approximate surface area is 115 Å². The van der Waals surface area contributed by atoms with E-state index in [0.29, 0.717) is 0 Å². The number of halogens is 3. The van der Waals surface area contributed by atoms with Crippen LogP contribution in [0.4, 0.5) is 0 Å². The lowest BCUT2D eigenvalue weighted by Gasteiger charge is -2.05. The Balaban J connectivity index is 0.000000631. The first kappa shape index (κ1) is 16.5. The monoisotopic (exact) mass is 318 g/mol. The first-order chi connectivity index (χ1) is 8.23. The number of aliphatic carboxylic acids is 1. The third kappa shape index (κ3) is 6.94. The van der Waals surface area contributed by atoms with E-state index in [4.69, 9.17) is 60.0 Å². The molecule has 18 heavy (non-hydrogen) atoms. The minimum atomic E-state index is -1.50. The van der Waals surface area contributed by atoms with E-state index in [2.05, 4.69) is 4.98 Å². The maximum atomic E-state index is 10.2. The third-order valence-electron chi connectivity index (χ3n) is 1.19. The Morgan fingerprint density at radius 3 is 2.39 bits per heavy atom. The lowest BCUT2D eigenvalue weighted by molar-refractivity contribution is -0.742. The van der Waals surface area contributed by atoms with Gasteiger partial charge in [-0.25, -0.2) is 4.79 Å².